The van der Waals surface area contributed by atoms with E-state index in [-0.39, 0.29) is 5.54 Å². The van der Waals surface area contributed by atoms with Crippen LogP contribution in [0, 0.1) is 5.92 Å². The number of nitrogens with one attached hydrogen (secondary N) is 2. The van der Waals surface area contributed by atoms with E-state index in [0.29, 0.717) is 11.0 Å². The van der Waals surface area contributed by atoms with Gasteiger partial charge in [0.25, 0.3) is 0 Å². The first-order valence-electron chi connectivity index (χ1n) is 6.66. The largest absolute Gasteiger partial charge is 0.357 e. The molecule has 0 radical (unpaired) electrons. The Balaban J connectivity index is 2.66. The van der Waals surface area contributed by atoms with Crippen LogP contribution in [0.5, 0.6) is 0 Å². The summed E-state index contributed by atoms with van der Waals surface area (Å²) in [7, 11) is 0. The van der Waals surface area contributed by atoms with E-state index in [1.54, 1.807) is 0 Å². The molecule has 106 valence electrons. The van der Waals surface area contributed by atoms with Crippen LogP contribution in [0.2, 0.25) is 0 Å². The molecule has 0 aromatic carbocycles. The van der Waals surface area contributed by atoms with Gasteiger partial charge in [0, 0.05) is 5.54 Å². The lowest BCUT2D eigenvalue weighted by Crippen LogP contribution is -2.45. The zero-order chi connectivity index (χ0) is 14.6. The first-order chi connectivity index (χ1) is 8.69. The molecule has 1 aliphatic carbocycles. The van der Waals surface area contributed by atoms with E-state index < -0.39 is 0 Å². The summed E-state index contributed by atoms with van der Waals surface area (Å²) in [5, 5.41) is 8.18. The van der Waals surface area contributed by atoms with Gasteiger partial charge in [-0.2, -0.15) is 5.10 Å². The summed E-state index contributed by atoms with van der Waals surface area (Å²) in [4.78, 5) is 0. The zero-order valence-corrected chi connectivity index (χ0v) is 13.4. The number of rotatable bonds is 2. The number of hydrazone groups is 1. The lowest BCUT2D eigenvalue weighted by atomic mass is 9.85. The monoisotopic (exact) mass is 279 g/mol. The Labute approximate surface area is 122 Å². The van der Waals surface area contributed by atoms with Gasteiger partial charge in [-0.15, -0.1) is 0 Å². The molecule has 0 aromatic rings. The van der Waals surface area contributed by atoms with Crippen LogP contribution in [0.25, 0.3) is 0 Å². The lowest BCUT2D eigenvalue weighted by molar-refractivity contribution is 0.507. The molecule has 0 aliphatic heterocycles. The third-order valence-corrected chi connectivity index (χ3v) is 3.27. The van der Waals surface area contributed by atoms with Crippen molar-refractivity contribution in [2.75, 3.05) is 0 Å². The van der Waals surface area contributed by atoms with E-state index in [1.165, 1.54) is 11.1 Å². The lowest BCUT2D eigenvalue weighted by Gasteiger charge is -2.24. The van der Waals surface area contributed by atoms with Crippen LogP contribution < -0.4 is 10.7 Å². The molecule has 0 fully saturated rings. The van der Waals surface area contributed by atoms with Gasteiger partial charge in [-0.1, -0.05) is 18.2 Å². The second-order valence-corrected chi connectivity index (χ2v) is 6.65. The quantitative estimate of drug-likeness (QED) is 0.461. The highest BCUT2D eigenvalue weighted by molar-refractivity contribution is 7.80. The van der Waals surface area contributed by atoms with Crippen molar-refractivity contribution in [3.8, 4) is 0 Å². The van der Waals surface area contributed by atoms with E-state index in [0.717, 1.165) is 18.6 Å². The molecular weight excluding hydrogens is 254 g/mol. The summed E-state index contributed by atoms with van der Waals surface area (Å²) in [6.07, 6.45) is 4.22. The Morgan fingerprint density at radius 1 is 1.47 bits per heavy atom. The molecule has 3 nitrogen and oxygen atoms in total. The maximum atomic E-state index is 5.22. The number of allylic oxidation sites excluding steroid dienone is 3. The molecule has 0 amide bonds. The first kappa shape index (κ1) is 15.9. The molecule has 0 unspecified atom stereocenters. The van der Waals surface area contributed by atoms with Crippen LogP contribution in [0.3, 0.4) is 0 Å². The van der Waals surface area contributed by atoms with Crippen LogP contribution in [0.1, 0.15) is 47.5 Å². The van der Waals surface area contributed by atoms with Gasteiger partial charge in [-0.05, 0) is 71.2 Å². The fourth-order valence-corrected chi connectivity index (χ4v) is 2.26. The average molecular weight is 279 g/mol. The van der Waals surface area contributed by atoms with Crippen molar-refractivity contribution in [3.63, 3.8) is 0 Å². The Bertz CT molecular complexity index is 427. The molecule has 0 bridgehead atoms. The molecular formula is C15H25N3S. The Morgan fingerprint density at radius 2 is 2.11 bits per heavy atom. The summed E-state index contributed by atoms with van der Waals surface area (Å²) in [5.41, 5.74) is 6.39. The molecule has 0 saturated heterocycles. The maximum absolute atomic E-state index is 5.22. The van der Waals surface area contributed by atoms with Gasteiger partial charge in [0.15, 0.2) is 5.11 Å². The smallest absolute Gasteiger partial charge is 0.187 e. The average Bonchev–Trinajstić information content (AvgIpc) is 2.25. The van der Waals surface area contributed by atoms with E-state index >= 15 is 0 Å². The molecule has 19 heavy (non-hydrogen) atoms. The normalized spacial score (nSPS) is 21.8. The van der Waals surface area contributed by atoms with Crippen molar-refractivity contribution in [2.45, 2.75) is 53.0 Å². The van der Waals surface area contributed by atoms with E-state index in [9.17, 15) is 0 Å². The number of nitrogens with zero attached hydrogens (tertiary/aromatic N) is 1. The molecule has 0 spiro atoms. The van der Waals surface area contributed by atoms with E-state index in [2.05, 4.69) is 63.1 Å². The number of thiocarbonyl (C=S) groups is 1. The van der Waals surface area contributed by atoms with E-state index in [1.807, 2.05) is 0 Å². The van der Waals surface area contributed by atoms with Crippen molar-refractivity contribution in [3.05, 3.63) is 23.8 Å². The zero-order valence-electron chi connectivity index (χ0n) is 12.6. The fourth-order valence-electron chi connectivity index (χ4n) is 1.91. The molecule has 1 aliphatic rings. The van der Waals surface area contributed by atoms with Gasteiger partial charge in [0.1, 0.15) is 0 Å². The van der Waals surface area contributed by atoms with Crippen molar-refractivity contribution in [1.29, 1.82) is 0 Å². The van der Waals surface area contributed by atoms with Gasteiger partial charge >= 0.3 is 0 Å². The van der Waals surface area contributed by atoms with Gasteiger partial charge in [0.2, 0.25) is 0 Å². The van der Waals surface area contributed by atoms with Crippen LogP contribution in [0.4, 0.5) is 0 Å². The molecule has 2 N–H and O–H groups in total. The maximum Gasteiger partial charge on any atom is 0.187 e. The molecule has 1 atom stereocenters. The minimum atomic E-state index is -0.0536. The Morgan fingerprint density at radius 3 is 2.63 bits per heavy atom. The second kappa shape index (κ2) is 6.33. The Kier molecular flexibility index (Phi) is 5.29. The van der Waals surface area contributed by atoms with Gasteiger partial charge in [0.05, 0.1) is 5.71 Å². The predicted molar refractivity (Wildman–Crippen MR) is 87.4 cm³/mol. The highest BCUT2D eigenvalue weighted by Gasteiger charge is 2.18. The second-order valence-electron chi connectivity index (χ2n) is 6.24. The van der Waals surface area contributed by atoms with E-state index in [4.69, 9.17) is 12.2 Å². The van der Waals surface area contributed by atoms with Crippen LogP contribution in [-0.4, -0.2) is 16.4 Å². The Hall–Kier alpha value is -1.16. The van der Waals surface area contributed by atoms with Crippen LogP contribution >= 0.6 is 12.2 Å². The first-order valence-corrected chi connectivity index (χ1v) is 7.07. The SMILES string of the molecule is C=C(C)[C@@H]1CC=C(C)C(=NNC(=S)NC(C)(C)C)C1. The van der Waals surface area contributed by atoms with Gasteiger partial charge in [-0.25, -0.2) is 0 Å². The molecule has 4 heteroatoms. The molecule has 0 saturated carbocycles. The van der Waals surface area contributed by atoms with Crippen molar-refractivity contribution in [2.24, 2.45) is 11.0 Å². The predicted octanol–water partition coefficient (Wildman–Crippen LogP) is 3.54. The van der Waals surface area contributed by atoms with Crippen molar-refractivity contribution >= 4 is 23.0 Å². The molecule has 0 aromatic heterocycles. The minimum absolute atomic E-state index is 0.0536. The summed E-state index contributed by atoms with van der Waals surface area (Å²) in [5.74, 6) is 0.494. The highest BCUT2D eigenvalue weighted by Crippen LogP contribution is 2.26. The third-order valence-electron chi connectivity index (χ3n) is 3.08. The topological polar surface area (TPSA) is 36.4 Å². The summed E-state index contributed by atoms with van der Waals surface area (Å²) in [6.45, 7) is 14.4. The highest BCUT2D eigenvalue weighted by atomic mass is 32.1. The molecule has 0 heterocycles. The minimum Gasteiger partial charge on any atom is -0.357 e. The van der Waals surface area contributed by atoms with Crippen LogP contribution in [-0.2, 0) is 0 Å². The van der Waals surface area contributed by atoms with Crippen molar-refractivity contribution < 1.29 is 0 Å². The summed E-state index contributed by atoms with van der Waals surface area (Å²) in [6, 6.07) is 0. The standard InChI is InChI=1S/C15H25N3S/c1-10(2)12-8-7-11(3)13(9-12)17-18-14(19)16-15(4,5)6/h7,12H,1,8-9H2,2-6H3,(H2,16,18,19)/t12-/m1/s1. The third kappa shape index (κ3) is 5.55. The number of hydrogen-bond donors (Lipinski definition) is 2. The molecule has 1 rings (SSSR count). The number of hydrogen-bond acceptors (Lipinski definition) is 2. The van der Waals surface area contributed by atoms with Gasteiger partial charge in [-0.3, -0.25) is 5.43 Å². The summed E-state index contributed by atoms with van der Waals surface area (Å²) >= 11 is 5.22. The summed E-state index contributed by atoms with van der Waals surface area (Å²) < 4.78 is 0. The fraction of sp³-hybridized carbons (Fsp3) is 0.600. The van der Waals surface area contributed by atoms with Gasteiger partial charge < -0.3 is 5.32 Å². The van der Waals surface area contributed by atoms with Crippen molar-refractivity contribution in [1.82, 2.24) is 10.7 Å². The van der Waals surface area contributed by atoms with Crippen LogP contribution in [0.15, 0.2) is 28.9 Å².